The molecule has 1 fully saturated rings. The standard InChI is InChI=1S/C16H20N4O2/c1-13(21)20(15-5-3-14(11-17)4-6-15)12-16(22)19-9-7-18(2)8-10-19/h3-6H,7-10,12H2,1-2H3. The molecule has 6 heteroatoms. The SMILES string of the molecule is CC(=O)N(CC(=O)N1CCN(C)CC1)c1ccc(C#N)cc1. The zero-order valence-electron chi connectivity index (χ0n) is 13.0. The van der Waals surface area contributed by atoms with Gasteiger partial charge in [-0.05, 0) is 31.3 Å². The number of likely N-dealkylation sites (N-methyl/N-ethyl adjacent to an activating group) is 1. The summed E-state index contributed by atoms with van der Waals surface area (Å²) < 4.78 is 0. The van der Waals surface area contributed by atoms with Crippen LogP contribution < -0.4 is 4.90 Å². The average Bonchev–Trinajstić information content (AvgIpc) is 2.53. The molecule has 116 valence electrons. The molecule has 0 aliphatic carbocycles. The fourth-order valence-electron chi connectivity index (χ4n) is 2.39. The van der Waals surface area contributed by atoms with Crippen LogP contribution in [0.1, 0.15) is 12.5 Å². The molecule has 2 amide bonds. The van der Waals surface area contributed by atoms with E-state index in [0.717, 1.165) is 13.1 Å². The second kappa shape index (κ2) is 7.05. The van der Waals surface area contributed by atoms with E-state index in [1.54, 1.807) is 29.2 Å². The first kappa shape index (κ1) is 16.0. The molecule has 1 saturated heterocycles. The normalized spacial score (nSPS) is 15.2. The van der Waals surface area contributed by atoms with Gasteiger partial charge < -0.3 is 14.7 Å². The number of amides is 2. The third kappa shape index (κ3) is 3.83. The van der Waals surface area contributed by atoms with Gasteiger partial charge in [-0.1, -0.05) is 0 Å². The van der Waals surface area contributed by atoms with Crippen molar-refractivity contribution in [1.29, 1.82) is 5.26 Å². The van der Waals surface area contributed by atoms with Crippen LogP contribution >= 0.6 is 0 Å². The lowest BCUT2D eigenvalue weighted by Gasteiger charge is -2.33. The number of anilines is 1. The van der Waals surface area contributed by atoms with E-state index >= 15 is 0 Å². The van der Waals surface area contributed by atoms with Crippen molar-refractivity contribution in [1.82, 2.24) is 9.80 Å². The Kier molecular flexibility index (Phi) is 5.12. The zero-order chi connectivity index (χ0) is 16.1. The molecule has 22 heavy (non-hydrogen) atoms. The summed E-state index contributed by atoms with van der Waals surface area (Å²) in [5.74, 6) is -0.236. The van der Waals surface area contributed by atoms with Gasteiger partial charge in [-0.3, -0.25) is 9.59 Å². The van der Waals surface area contributed by atoms with E-state index < -0.39 is 0 Å². The van der Waals surface area contributed by atoms with Crippen LogP contribution in [-0.2, 0) is 9.59 Å². The Morgan fingerprint density at radius 3 is 2.27 bits per heavy atom. The molecule has 0 spiro atoms. The van der Waals surface area contributed by atoms with Crippen LogP contribution in [0.15, 0.2) is 24.3 Å². The minimum atomic E-state index is -0.188. The first-order chi connectivity index (χ1) is 10.5. The molecule has 2 rings (SSSR count). The molecule has 0 radical (unpaired) electrons. The van der Waals surface area contributed by atoms with Crippen molar-refractivity contribution in [2.75, 3.05) is 44.7 Å². The van der Waals surface area contributed by atoms with Gasteiger partial charge in [0.2, 0.25) is 11.8 Å². The molecule has 0 N–H and O–H groups in total. The lowest BCUT2D eigenvalue weighted by molar-refractivity contribution is -0.132. The lowest BCUT2D eigenvalue weighted by Crippen LogP contribution is -2.50. The molecule has 0 aromatic heterocycles. The molecule has 1 heterocycles. The first-order valence-corrected chi connectivity index (χ1v) is 7.26. The average molecular weight is 300 g/mol. The van der Waals surface area contributed by atoms with Gasteiger partial charge in [0.05, 0.1) is 11.6 Å². The maximum absolute atomic E-state index is 12.4. The number of piperazine rings is 1. The second-order valence-corrected chi connectivity index (χ2v) is 5.45. The first-order valence-electron chi connectivity index (χ1n) is 7.26. The highest BCUT2D eigenvalue weighted by Crippen LogP contribution is 2.16. The summed E-state index contributed by atoms with van der Waals surface area (Å²) in [5, 5.41) is 8.82. The van der Waals surface area contributed by atoms with Crippen LogP contribution in [0, 0.1) is 11.3 Å². The van der Waals surface area contributed by atoms with Crippen LogP contribution in [0.3, 0.4) is 0 Å². The minimum absolute atomic E-state index is 0.0327. The van der Waals surface area contributed by atoms with Gasteiger partial charge in [0.15, 0.2) is 0 Å². The van der Waals surface area contributed by atoms with E-state index in [4.69, 9.17) is 5.26 Å². The van der Waals surface area contributed by atoms with Gasteiger partial charge in [-0.15, -0.1) is 0 Å². The monoisotopic (exact) mass is 300 g/mol. The van der Waals surface area contributed by atoms with Gasteiger partial charge in [-0.25, -0.2) is 0 Å². The highest BCUT2D eigenvalue weighted by molar-refractivity contribution is 5.97. The van der Waals surface area contributed by atoms with Crippen LogP contribution in [0.2, 0.25) is 0 Å². The molecule has 6 nitrogen and oxygen atoms in total. The Hall–Kier alpha value is -2.39. The maximum atomic E-state index is 12.4. The van der Waals surface area contributed by atoms with E-state index in [0.29, 0.717) is 24.3 Å². The summed E-state index contributed by atoms with van der Waals surface area (Å²) >= 11 is 0. The van der Waals surface area contributed by atoms with Gasteiger partial charge >= 0.3 is 0 Å². The Balaban J connectivity index is 2.06. The van der Waals surface area contributed by atoms with Crippen molar-refractivity contribution in [3.05, 3.63) is 29.8 Å². The van der Waals surface area contributed by atoms with E-state index in [1.807, 2.05) is 13.1 Å². The molecule has 0 atom stereocenters. The Bertz CT molecular complexity index is 583. The lowest BCUT2D eigenvalue weighted by atomic mass is 10.2. The maximum Gasteiger partial charge on any atom is 0.242 e. The summed E-state index contributed by atoms with van der Waals surface area (Å²) in [6.07, 6.45) is 0. The fraction of sp³-hybridized carbons (Fsp3) is 0.438. The molecule has 1 aromatic carbocycles. The van der Waals surface area contributed by atoms with Crippen LogP contribution in [0.25, 0.3) is 0 Å². The molecular formula is C16H20N4O2. The third-order valence-electron chi connectivity index (χ3n) is 3.84. The van der Waals surface area contributed by atoms with Crippen molar-refractivity contribution in [2.24, 2.45) is 0 Å². The number of nitrogens with zero attached hydrogens (tertiary/aromatic N) is 4. The topological polar surface area (TPSA) is 67.7 Å². The Labute approximate surface area is 130 Å². The van der Waals surface area contributed by atoms with Crippen molar-refractivity contribution in [3.63, 3.8) is 0 Å². The number of carbonyl (C=O) groups is 2. The number of hydrogen-bond acceptors (Lipinski definition) is 4. The van der Waals surface area contributed by atoms with E-state index in [-0.39, 0.29) is 18.4 Å². The molecule has 1 aromatic rings. The second-order valence-electron chi connectivity index (χ2n) is 5.45. The number of benzene rings is 1. The predicted molar refractivity (Wildman–Crippen MR) is 83.3 cm³/mol. The molecule has 1 aliphatic rings. The number of nitriles is 1. The third-order valence-corrected chi connectivity index (χ3v) is 3.84. The van der Waals surface area contributed by atoms with Crippen molar-refractivity contribution >= 4 is 17.5 Å². The predicted octanol–water partition coefficient (Wildman–Crippen LogP) is 0.685. The highest BCUT2D eigenvalue weighted by atomic mass is 16.2. The molecule has 0 unspecified atom stereocenters. The summed E-state index contributed by atoms with van der Waals surface area (Å²) in [6, 6.07) is 8.71. The summed E-state index contributed by atoms with van der Waals surface area (Å²) in [7, 11) is 2.03. The Morgan fingerprint density at radius 1 is 1.18 bits per heavy atom. The van der Waals surface area contributed by atoms with Crippen LogP contribution in [0.5, 0.6) is 0 Å². The van der Waals surface area contributed by atoms with E-state index in [9.17, 15) is 9.59 Å². The van der Waals surface area contributed by atoms with Crippen molar-refractivity contribution < 1.29 is 9.59 Å². The van der Waals surface area contributed by atoms with E-state index in [1.165, 1.54) is 11.8 Å². The fourth-order valence-corrected chi connectivity index (χ4v) is 2.39. The Morgan fingerprint density at radius 2 is 1.77 bits per heavy atom. The largest absolute Gasteiger partial charge is 0.339 e. The van der Waals surface area contributed by atoms with Crippen LogP contribution in [-0.4, -0.2) is 61.4 Å². The number of carbonyl (C=O) groups excluding carboxylic acids is 2. The molecular weight excluding hydrogens is 280 g/mol. The van der Waals surface area contributed by atoms with Gasteiger partial charge in [-0.2, -0.15) is 5.26 Å². The number of hydrogen-bond donors (Lipinski definition) is 0. The van der Waals surface area contributed by atoms with Crippen LogP contribution in [0.4, 0.5) is 5.69 Å². The minimum Gasteiger partial charge on any atom is -0.339 e. The molecule has 0 saturated carbocycles. The smallest absolute Gasteiger partial charge is 0.242 e. The van der Waals surface area contributed by atoms with Gasteiger partial charge in [0, 0.05) is 38.8 Å². The van der Waals surface area contributed by atoms with Crippen molar-refractivity contribution in [2.45, 2.75) is 6.92 Å². The summed E-state index contributed by atoms with van der Waals surface area (Å²) in [5.41, 5.74) is 1.16. The highest BCUT2D eigenvalue weighted by Gasteiger charge is 2.23. The van der Waals surface area contributed by atoms with Gasteiger partial charge in [0.1, 0.15) is 6.54 Å². The molecule has 1 aliphatic heterocycles. The van der Waals surface area contributed by atoms with E-state index in [2.05, 4.69) is 4.90 Å². The zero-order valence-corrected chi connectivity index (χ0v) is 13.0. The molecule has 0 bridgehead atoms. The number of rotatable bonds is 3. The quantitative estimate of drug-likeness (QED) is 0.823. The van der Waals surface area contributed by atoms with Crippen molar-refractivity contribution in [3.8, 4) is 6.07 Å². The summed E-state index contributed by atoms with van der Waals surface area (Å²) in [6.45, 7) is 4.55. The summed E-state index contributed by atoms with van der Waals surface area (Å²) in [4.78, 5) is 29.6. The van der Waals surface area contributed by atoms with Gasteiger partial charge in [0.25, 0.3) is 0 Å².